The van der Waals surface area contributed by atoms with Gasteiger partial charge in [-0.25, -0.2) is 4.98 Å². The number of amides is 1. The van der Waals surface area contributed by atoms with E-state index >= 15 is 0 Å². The summed E-state index contributed by atoms with van der Waals surface area (Å²) in [7, 11) is 0. The number of aromatic nitrogens is 4. The van der Waals surface area contributed by atoms with Crippen LogP contribution in [0.5, 0.6) is 0 Å². The highest BCUT2D eigenvalue weighted by atomic mass is 16.1. The first-order valence-corrected chi connectivity index (χ1v) is 11.5. The normalized spacial score (nSPS) is 14.4. The van der Waals surface area contributed by atoms with Crippen molar-refractivity contribution < 1.29 is 4.79 Å². The third kappa shape index (κ3) is 4.45. The molecule has 1 amide bonds. The number of para-hydroxylation sites is 1. The number of nitrogens with one attached hydrogen (secondary N) is 1. The molecule has 0 spiro atoms. The zero-order valence-corrected chi connectivity index (χ0v) is 18.6. The van der Waals surface area contributed by atoms with E-state index in [1.54, 1.807) is 12.3 Å². The molecule has 7 heteroatoms. The second-order valence-electron chi connectivity index (χ2n) is 8.49. The van der Waals surface area contributed by atoms with E-state index in [2.05, 4.69) is 25.9 Å². The lowest BCUT2D eigenvalue weighted by molar-refractivity contribution is 0.100. The second-order valence-corrected chi connectivity index (χ2v) is 8.49. The Morgan fingerprint density at radius 3 is 2.58 bits per heavy atom. The van der Waals surface area contributed by atoms with Gasteiger partial charge in [0, 0.05) is 42.2 Å². The topological polar surface area (TPSA) is 92.8 Å². The Bertz CT molecular complexity index is 1220. The van der Waals surface area contributed by atoms with Crippen LogP contribution in [0.3, 0.4) is 0 Å². The minimum atomic E-state index is -0.479. The Labute approximate surface area is 193 Å². The second kappa shape index (κ2) is 9.42. The quantitative estimate of drug-likeness (QED) is 0.453. The first-order chi connectivity index (χ1) is 16.2. The van der Waals surface area contributed by atoms with Crippen molar-refractivity contribution in [2.24, 2.45) is 5.73 Å². The maximum absolute atomic E-state index is 12.5. The van der Waals surface area contributed by atoms with Crippen molar-refractivity contribution in [2.75, 3.05) is 19.6 Å². The average Bonchev–Trinajstić information content (AvgIpc) is 3.54. The van der Waals surface area contributed by atoms with Crippen LogP contribution >= 0.6 is 0 Å². The number of carbonyl (C=O) groups excluding carboxylic acids is 1. The fraction of sp³-hybridized carbons (Fsp3) is 0.269. The molecule has 33 heavy (non-hydrogen) atoms. The van der Waals surface area contributed by atoms with Crippen molar-refractivity contribution in [1.29, 1.82) is 0 Å². The molecule has 5 rings (SSSR count). The van der Waals surface area contributed by atoms with Crippen molar-refractivity contribution in [3.05, 3.63) is 78.4 Å². The van der Waals surface area contributed by atoms with Gasteiger partial charge in [-0.2, -0.15) is 5.10 Å². The molecule has 0 aliphatic carbocycles. The van der Waals surface area contributed by atoms with Gasteiger partial charge in [0.2, 0.25) is 5.91 Å². The molecule has 0 atom stereocenters. The van der Waals surface area contributed by atoms with Gasteiger partial charge in [0.1, 0.15) is 5.82 Å². The number of piperidine rings is 1. The molecule has 0 saturated carbocycles. The van der Waals surface area contributed by atoms with Crippen molar-refractivity contribution in [2.45, 2.75) is 25.7 Å². The molecule has 0 bridgehead atoms. The Hall–Kier alpha value is -3.71. The van der Waals surface area contributed by atoms with Crippen molar-refractivity contribution >= 4 is 5.91 Å². The van der Waals surface area contributed by atoms with E-state index < -0.39 is 5.91 Å². The molecule has 1 aliphatic heterocycles. The summed E-state index contributed by atoms with van der Waals surface area (Å²) in [5, 5.41) is 6.97. The van der Waals surface area contributed by atoms with Crippen LogP contribution in [0, 0.1) is 0 Å². The monoisotopic (exact) mass is 440 g/mol. The molecule has 3 heterocycles. The van der Waals surface area contributed by atoms with E-state index in [0.717, 1.165) is 54.1 Å². The number of primary amides is 1. The Morgan fingerprint density at radius 2 is 1.85 bits per heavy atom. The SMILES string of the molecule is NC(=O)c1cccc(-c2cn[nH]c2)c1-c1nc(CCN2CCCCC2)cn1-c1ccccc1. The molecule has 4 aromatic rings. The van der Waals surface area contributed by atoms with Gasteiger partial charge in [-0.05, 0) is 49.7 Å². The fourth-order valence-electron chi connectivity index (χ4n) is 4.60. The number of aromatic amines is 1. The van der Waals surface area contributed by atoms with E-state index in [1.165, 1.54) is 19.3 Å². The summed E-state index contributed by atoms with van der Waals surface area (Å²) in [4.78, 5) is 20.0. The van der Waals surface area contributed by atoms with Crippen LogP contribution in [0.15, 0.2) is 67.1 Å². The van der Waals surface area contributed by atoms with Gasteiger partial charge >= 0.3 is 0 Å². The number of H-pyrrole nitrogens is 1. The molecule has 1 aliphatic rings. The summed E-state index contributed by atoms with van der Waals surface area (Å²) in [5.74, 6) is 0.230. The minimum absolute atomic E-state index is 0.444. The Morgan fingerprint density at radius 1 is 1.03 bits per heavy atom. The maximum atomic E-state index is 12.5. The average molecular weight is 441 g/mol. The third-order valence-corrected chi connectivity index (χ3v) is 6.29. The molecule has 2 aromatic heterocycles. The number of rotatable bonds is 7. The lowest BCUT2D eigenvalue weighted by Crippen LogP contribution is -2.31. The molecular formula is C26H28N6O. The molecular weight excluding hydrogens is 412 g/mol. The van der Waals surface area contributed by atoms with Gasteiger partial charge in [-0.3, -0.25) is 14.5 Å². The summed E-state index contributed by atoms with van der Waals surface area (Å²) in [6, 6.07) is 15.7. The van der Waals surface area contributed by atoms with Crippen molar-refractivity contribution in [3.63, 3.8) is 0 Å². The van der Waals surface area contributed by atoms with Gasteiger partial charge < -0.3 is 10.6 Å². The summed E-state index contributed by atoms with van der Waals surface area (Å²) in [6.07, 6.45) is 10.4. The molecule has 1 fully saturated rings. The minimum Gasteiger partial charge on any atom is -0.366 e. The van der Waals surface area contributed by atoms with Crippen molar-refractivity contribution in [3.8, 4) is 28.2 Å². The van der Waals surface area contributed by atoms with E-state index in [1.807, 2.05) is 48.7 Å². The molecule has 2 aromatic carbocycles. The maximum Gasteiger partial charge on any atom is 0.249 e. The fourth-order valence-corrected chi connectivity index (χ4v) is 4.60. The van der Waals surface area contributed by atoms with Crippen LogP contribution in [0.1, 0.15) is 35.3 Å². The van der Waals surface area contributed by atoms with Gasteiger partial charge in [-0.1, -0.05) is 36.8 Å². The van der Waals surface area contributed by atoms with Gasteiger partial charge in [0.15, 0.2) is 0 Å². The van der Waals surface area contributed by atoms with Crippen LogP contribution in [-0.2, 0) is 6.42 Å². The predicted octanol–water partition coefficient (Wildman–Crippen LogP) is 4.06. The number of nitrogens with zero attached hydrogens (tertiary/aromatic N) is 4. The highest BCUT2D eigenvalue weighted by Crippen LogP contribution is 2.35. The number of nitrogens with two attached hydrogens (primary N) is 1. The summed E-state index contributed by atoms with van der Waals surface area (Å²) in [6.45, 7) is 3.29. The Kier molecular flexibility index (Phi) is 6.04. The zero-order valence-electron chi connectivity index (χ0n) is 18.6. The van der Waals surface area contributed by atoms with E-state index in [-0.39, 0.29) is 0 Å². The molecule has 0 unspecified atom stereocenters. The molecule has 7 nitrogen and oxygen atoms in total. The number of carbonyl (C=O) groups is 1. The third-order valence-electron chi connectivity index (χ3n) is 6.29. The number of imidazole rings is 1. The predicted molar refractivity (Wildman–Crippen MR) is 129 cm³/mol. The molecule has 168 valence electrons. The van der Waals surface area contributed by atoms with Gasteiger partial charge in [-0.15, -0.1) is 0 Å². The number of hydrogen-bond acceptors (Lipinski definition) is 4. The molecule has 1 saturated heterocycles. The first kappa shape index (κ1) is 21.2. The first-order valence-electron chi connectivity index (χ1n) is 11.5. The van der Waals surface area contributed by atoms with E-state index in [4.69, 9.17) is 10.7 Å². The van der Waals surface area contributed by atoms with Crippen LogP contribution in [0.4, 0.5) is 0 Å². The smallest absolute Gasteiger partial charge is 0.249 e. The standard InChI is InChI=1S/C26H28N6O/c27-25(33)23-11-7-10-22(19-16-28-29-17-19)24(23)26-30-20(12-15-31-13-5-2-6-14-31)18-32(26)21-8-3-1-4-9-21/h1,3-4,7-11,16-18H,2,5-6,12-15H2,(H2,27,33)(H,28,29). The van der Waals surface area contributed by atoms with Crippen LogP contribution < -0.4 is 5.73 Å². The van der Waals surface area contributed by atoms with E-state index in [0.29, 0.717) is 11.4 Å². The highest BCUT2D eigenvalue weighted by Gasteiger charge is 2.22. The van der Waals surface area contributed by atoms with Gasteiger partial charge in [0.25, 0.3) is 0 Å². The lowest BCUT2D eigenvalue weighted by Gasteiger charge is -2.25. The summed E-state index contributed by atoms with van der Waals surface area (Å²) in [5.41, 5.74) is 10.7. The largest absolute Gasteiger partial charge is 0.366 e. The summed E-state index contributed by atoms with van der Waals surface area (Å²) >= 11 is 0. The number of benzene rings is 2. The van der Waals surface area contributed by atoms with E-state index in [9.17, 15) is 4.79 Å². The number of hydrogen-bond donors (Lipinski definition) is 2. The van der Waals surface area contributed by atoms with Crippen LogP contribution in [0.2, 0.25) is 0 Å². The number of likely N-dealkylation sites (tertiary alicyclic amines) is 1. The highest BCUT2D eigenvalue weighted by molar-refractivity contribution is 6.03. The Balaban J connectivity index is 1.63. The molecule has 0 radical (unpaired) electrons. The van der Waals surface area contributed by atoms with Gasteiger partial charge in [0.05, 0.1) is 17.5 Å². The van der Waals surface area contributed by atoms with Crippen molar-refractivity contribution in [1.82, 2.24) is 24.6 Å². The summed E-state index contributed by atoms with van der Waals surface area (Å²) < 4.78 is 2.07. The van der Waals surface area contributed by atoms with Crippen LogP contribution in [-0.4, -0.2) is 50.2 Å². The van der Waals surface area contributed by atoms with Crippen LogP contribution in [0.25, 0.3) is 28.2 Å². The lowest BCUT2D eigenvalue weighted by atomic mass is 9.96. The zero-order chi connectivity index (χ0) is 22.6. The molecule has 3 N–H and O–H groups in total.